The van der Waals surface area contributed by atoms with E-state index in [-0.39, 0.29) is 52.1 Å². The summed E-state index contributed by atoms with van der Waals surface area (Å²) in [5.41, 5.74) is 0.870. The van der Waals surface area contributed by atoms with Gasteiger partial charge in [-0.3, -0.25) is 14.8 Å². The van der Waals surface area contributed by atoms with Gasteiger partial charge in [-0.2, -0.15) is 13.7 Å². The zero-order valence-electron chi connectivity index (χ0n) is 41.8. The van der Waals surface area contributed by atoms with E-state index in [1.165, 1.54) is 14.8 Å². The number of hydrogen-bond donors (Lipinski definition) is 1. The van der Waals surface area contributed by atoms with Gasteiger partial charge >= 0.3 is 12.2 Å². The average Bonchev–Trinajstić information content (AvgIpc) is 3.83. The molecule has 420 valence electrons. The van der Waals surface area contributed by atoms with Gasteiger partial charge in [-0.15, -0.1) is 0 Å². The minimum absolute atomic E-state index is 0. The van der Waals surface area contributed by atoms with Gasteiger partial charge in [-0.25, -0.2) is 66.3 Å². The van der Waals surface area contributed by atoms with Crippen LogP contribution in [0.1, 0.15) is 50.3 Å². The number of pyridine rings is 2. The highest BCUT2D eigenvalue weighted by atomic mass is 35.5. The van der Waals surface area contributed by atoms with Crippen LogP contribution in [0.15, 0.2) is 104 Å². The van der Waals surface area contributed by atoms with Gasteiger partial charge in [0.2, 0.25) is 32.9 Å². The van der Waals surface area contributed by atoms with E-state index < -0.39 is 56.1 Å². The zero-order valence-corrected chi connectivity index (χ0v) is 45.0. The summed E-state index contributed by atoms with van der Waals surface area (Å²) in [5, 5.41) is 12.1. The summed E-state index contributed by atoms with van der Waals surface area (Å²) in [5.74, 6) is 1.75. The minimum atomic E-state index is -3.93. The molecule has 5 aromatic rings. The fourth-order valence-electron chi connectivity index (χ4n) is 8.81. The maximum absolute atomic E-state index is 13.7. The minimum Gasteiger partial charge on any atom is -0.447 e. The Morgan fingerprint density at radius 2 is 1.15 bits per heavy atom. The largest absolute Gasteiger partial charge is 0.447 e. The summed E-state index contributed by atoms with van der Waals surface area (Å²) < 4.78 is 61.1. The highest BCUT2D eigenvalue weighted by molar-refractivity contribution is 7.89. The van der Waals surface area contributed by atoms with Crippen LogP contribution in [0.4, 0.5) is 21.2 Å². The molecule has 24 nitrogen and oxygen atoms in total. The Labute approximate surface area is 463 Å². The highest BCUT2D eigenvalue weighted by Crippen LogP contribution is 2.24. The third kappa shape index (κ3) is 17.4. The summed E-state index contributed by atoms with van der Waals surface area (Å²) >= 11 is 11.8. The van der Waals surface area contributed by atoms with Crippen molar-refractivity contribution in [1.29, 1.82) is 0 Å². The fourth-order valence-corrected chi connectivity index (χ4v) is 12.5. The number of sulfonamides is 2. The van der Waals surface area contributed by atoms with Crippen molar-refractivity contribution >= 4 is 79.9 Å². The first-order valence-corrected chi connectivity index (χ1v) is 28.7. The molecule has 3 aliphatic heterocycles. The second-order valence-corrected chi connectivity index (χ2v) is 22.9. The lowest BCUT2D eigenvalue weighted by Gasteiger charge is -2.36. The number of carbonyl (C=O) groups excluding carboxylic acids is 4. The normalized spacial score (nSPS) is 16.9. The Kier molecular flexibility index (Phi) is 22.8. The van der Waals surface area contributed by atoms with Gasteiger partial charge < -0.3 is 19.4 Å². The van der Waals surface area contributed by atoms with E-state index in [1.54, 1.807) is 67.4 Å². The third-order valence-corrected chi connectivity index (χ3v) is 17.2. The molecule has 0 radical (unpaired) electrons. The van der Waals surface area contributed by atoms with Crippen LogP contribution >= 0.6 is 23.2 Å². The first-order chi connectivity index (χ1) is 37.1. The van der Waals surface area contributed by atoms with Gasteiger partial charge in [0.15, 0.2) is 0 Å². The van der Waals surface area contributed by atoms with Crippen molar-refractivity contribution < 1.29 is 50.8 Å². The monoisotopic (exact) mass is 1160 g/mol. The number of nitrogens with zero attached hydrogens (tertiary/aromatic N) is 13. The van der Waals surface area contributed by atoms with Gasteiger partial charge in [-0.1, -0.05) is 61.0 Å². The number of anilines is 2. The molecular weight excluding hydrogens is 1090 g/mol. The predicted molar refractivity (Wildman–Crippen MR) is 289 cm³/mol. The molecule has 0 spiro atoms. The van der Waals surface area contributed by atoms with E-state index in [4.69, 9.17) is 32.8 Å². The van der Waals surface area contributed by atoms with Gasteiger partial charge in [0.25, 0.3) is 0 Å². The van der Waals surface area contributed by atoms with Crippen molar-refractivity contribution in [2.24, 2.45) is 0 Å². The van der Waals surface area contributed by atoms with E-state index in [1.807, 2.05) is 40.1 Å². The molecule has 4 aromatic heterocycles. The van der Waals surface area contributed by atoms with Crippen LogP contribution in [-0.2, 0) is 58.5 Å². The molecule has 3 atom stereocenters. The van der Waals surface area contributed by atoms with E-state index >= 15 is 0 Å². The molecule has 0 saturated carbocycles. The summed E-state index contributed by atoms with van der Waals surface area (Å²) in [7, 11) is -7.60. The van der Waals surface area contributed by atoms with Crippen LogP contribution in [0, 0.1) is 0 Å². The number of amides is 4. The van der Waals surface area contributed by atoms with Crippen molar-refractivity contribution in [1.82, 2.24) is 53.5 Å². The number of ether oxygens (including phenoxy) is 1. The van der Waals surface area contributed by atoms with Crippen molar-refractivity contribution in [2.45, 2.75) is 70.5 Å². The SMILES string of the molecule is C.O=CN(O)C(CCCc1ncccn1)CS(=O)(=O)N1CCN(c2ccc(Cl)cn2)CC1.O=CN(OC(=O)N1C(=O)OC[C@@H]1Cc1ccccc1)C(CCCc1ncccn1)CS(=O)(=O)N1CCN(c2ccc(Cl)cn2)CC1. The Hall–Kier alpha value is -6.68. The molecule has 4 amide bonds. The van der Waals surface area contributed by atoms with Crippen LogP contribution in [0.3, 0.4) is 0 Å². The molecule has 2 unspecified atom stereocenters. The second kappa shape index (κ2) is 29.3. The third-order valence-electron chi connectivity index (χ3n) is 12.9. The standard InChI is InChI=1S/C30H34ClN7O7S.C19H25ClN6O4S.CH4/c31-24-10-11-28(34-19-24)35-14-16-36(17-15-35)46(42,43)21-25(8-4-9-27-32-12-5-13-33-27)37(22-39)45-30(41)38-26(20-44-29(38)40)18-23-6-2-1-3-7-23;20-16-5-6-19(23-13-16)24-9-11-25(12-10-24)31(29,30)14-17(26(28)15-27)3-1-4-18-21-7-2-8-22-18;/h1-3,5-7,10-13,19,22,25-26H,4,8-9,14-18,20-21H2;2,5-8,13,15,17,28H,1,3-4,9-12,14H2;1H4/t25?,26-;;/m0../s1. The van der Waals surface area contributed by atoms with Crippen LogP contribution < -0.4 is 9.80 Å². The molecule has 3 saturated heterocycles. The number of aromatic nitrogens is 6. The number of imide groups is 1. The second-order valence-electron chi connectivity index (χ2n) is 18.0. The molecule has 7 heterocycles. The lowest BCUT2D eigenvalue weighted by molar-refractivity contribution is -0.162. The Bertz CT molecular complexity index is 2900. The van der Waals surface area contributed by atoms with Gasteiger partial charge in [-0.05, 0) is 74.1 Å². The zero-order chi connectivity index (χ0) is 54.8. The van der Waals surface area contributed by atoms with Crippen molar-refractivity contribution in [3.05, 3.63) is 131 Å². The number of cyclic esters (lactones) is 1. The fraction of sp³-hybridized carbons (Fsp3) is 0.440. The maximum Gasteiger partial charge on any atom is 0.444 e. The number of hydrogen-bond acceptors (Lipinski definition) is 19. The molecule has 1 N–H and O–H groups in total. The first-order valence-electron chi connectivity index (χ1n) is 24.7. The van der Waals surface area contributed by atoms with E-state index in [0.29, 0.717) is 115 Å². The highest BCUT2D eigenvalue weighted by Gasteiger charge is 2.42. The molecule has 0 bridgehead atoms. The van der Waals surface area contributed by atoms with Gasteiger partial charge in [0.05, 0.1) is 39.7 Å². The number of halogens is 2. The lowest BCUT2D eigenvalue weighted by Crippen LogP contribution is -2.52. The lowest BCUT2D eigenvalue weighted by atomic mass is 10.1. The molecule has 28 heteroatoms. The smallest absolute Gasteiger partial charge is 0.444 e. The number of benzene rings is 1. The first kappa shape index (κ1) is 60.5. The van der Waals surface area contributed by atoms with Crippen LogP contribution in [0.2, 0.25) is 10.0 Å². The molecule has 0 aliphatic carbocycles. The molecule has 3 fully saturated rings. The number of rotatable bonds is 23. The summed E-state index contributed by atoms with van der Waals surface area (Å²) in [4.78, 5) is 84.6. The number of hydroxylamine groups is 4. The number of carbonyl (C=O) groups is 4. The van der Waals surface area contributed by atoms with Crippen molar-refractivity contribution in [2.75, 3.05) is 80.3 Å². The van der Waals surface area contributed by atoms with E-state index in [0.717, 1.165) is 16.3 Å². The maximum atomic E-state index is 13.7. The summed E-state index contributed by atoms with van der Waals surface area (Å²) in [6, 6.07) is 17.1. The van der Waals surface area contributed by atoms with Gasteiger partial charge in [0, 0.05) is 102 Å². The van der Waals surface area contributed by atoms with Crippen molar-refractivity contribution in [3.8, 4) is 0 Å². The van der Waals surface area contributed by atoms with Crippen molar-refractivity contribution in [3.63, 3.8) is 0 Å². The number of aryl methyl sites for hydroxylation is 2. The Morgan fingerprint density at radius 3 is 1.60 bits per heavy atom. The van der Waals surface area contributed by atoms with Gasteiger partial charge in [0.1, 0.15) is 29.9 Å². The van der Waals surface area contributed by atoms with E-state index in [9.17, 15) is 41.2 Å². The van der Waals surface area contributed by atoms with E-state index in [2.05, 4.69) is 29.9 Å². The van der Waals surface area contributed by atoms with Crippen LogP contribution in [-0.4, -0.2) is 189 Å². The number of piperazine rings is 2. The average molecular weight is 1160 g/mol. The Balaban J connectivity index is 0.000000269. The summed E-state index contributed by atoms with van der Waals surface area (Å²) in [6.45, 7) is 2.70. The Morgan fingerprint density at radius 1 is 0.679 bits per heavy atom. The summed E-state index contributed by atoms with van der Waals surface area (Å²) in [6.07, 6.45) is 10.6. The predicted octanol–water partition coefficient (Wildman–Crippen LogP) is 4.79. The topological polar surface area (TPSA) is 275 Å². The molecule has 8 rings (SSSR count). The molecule has 1 aromatic carbocycles. The molecule has 3 aliphatic rings. The van der Waals surface area contributed by atoms with Crippen LogP contribution in [0.5, 0.6) is 0 Å². The quantitative estimate of drug-likeness (QED) is 0.0523. The molecule has 78 heavy (non-hydrogen) atoms. The molecular formula is C50H63Cl2N13O11S2. The van der Waals surface area contributed by atoms with Crippen LogP contribution in [0.25, 0.3) is 0 Å².